The lowest BCUT2D eigenvalue weighted by Crippen LogP contribution is -2.24. The highest BCUT2D eigenvalue weighted by Crippen LogP contribution is 2.33. The fraction of sp³-hybridized carbons (Fsp3) is 0.289. The van der Waals surface area contributed by atoms with Gasteiger partial charge in [-0.2, -0.15) is 5.10 Å². The molecule has 0 radical (unpaired) electrons. The van der Waals surface area contributed by atoms with E-state index in [1.54, 1.807) is 41.4 Å². The van der Waals surface area contributed by atoms with Crippen LogP contribution < -0.4 is 42.6 Å². The van der Waals surface area contributed by atoms with Gasteiger partial charge in [-0.1, -0.05) is 24.3 Å². The molecule has 0 aliphatic rings. The third kappa shape index (κ3) is 11.3. The van der Waals surface area contributed by atoms with E-state index in [1.165, 1.54) is 25.3 Å². The van der Waals surface area contributed by atoms with E-state index in [-0.39, 0.29) is 29.3 Å². The number of ether oxygens (including phenoxy) is 2. The molecule has 0 spiro atoms. The summed E-state index contributed by atoms with van der Waals surface area (Å²) in [7, 11) is 5.09. The van der Waals surface area contributed by atoms with Gasteiger partial charge in [0.25, 0.3) is 5.91 Å². The van der Waals surface area contributed by atoms with Crippen molar-refractivity contribution in [3.63, 3.8) is 0 Å². The Morgan fingerprint density at radius 1 is 0.828 bits per heavy atom. The Hall–Kier alpha value is -7.96. The largest absolute Gasteiger partial charge is 0.494 e. The number of primary amides is 2. The summed E-state index contributed by atoms with van der Waals surface area (Å²) in [5.74, 6) is -0.243. The molecule has 0 aliphatic heterocycles. The minimum atomic E-state index is -0.654. The Labute approximate surface area is 370 Å². The van der Waals surface area contributed by atoms with Crippen LogP contribution >= 0.6 is 0 Å². The zero-order valence-corrected chi connectivity index (χ0v) is 37.1. The van der Waals surface area contributed by atoms with Crippen molar-refractivity contribution < 1.29 is 28.7 Å². The number of aldehydes is 1. The lowest BCUT2D eigenvalue weighted by atomic mass is 10.1. The number of aryl methyl sites for hydroxylation is 2. The van der Waals surface area contributed by atoms with Crippen molar-refractivity contribution >= 4 is 69.4 Å². The molecule has 0 unspecified atom stereocenters. The number of methoxy groups -OCH3 is 1. The van der Waals surface area contributed by atoms with Gasteiger partial charge in [-0.25, -0.2) is 9.97 Å². The van der Waals surface area contributed by atoms with Gasteiger partial charge in [-0.15, -0.1) is 0 Å². The lowest BCUT2D eigenvalue weighted by molar-refractivity contribution is -0.110. The van der Waals surface area contributed by atoms with Gasteiger partial charge in [0.15, 0.2) is 6.29 Å². The zero-order valence-electron chi connectivity index (χ0n) is 37.1. The van der Waals surface area contributed by atoms with Crippen LogP contribution in [0.1, 0.15) is 63.2 Å². The molecule has 64 heavy (non-hydrogen) atoms. The number of carbonyl (C=O) groups excluding carboxylic acids is 4. The van der Waals surface area contributed by atoms with E-state index in [1.807, 2.05) is 68.8 Å². The molecule has 0 saturated carbocycles. The minimum Gasteiger partial charge on any atom is -0.494 e. The van der Waals surface area contributed by atoms with E-state index in [0.29, 0.717) is 77.0 Å². The highest BCUT2D eigenvalue weighted by atomic mass is 16.5. The number of aliphatic imine (C=N–C) groups is 1. The van der Waals surface area contributed by atoms with Crippen LogP contribution in [0.25, 0.3) is 22.1 Å². The number of imidazole rings is 2. The molecule has 19 nitrogen and oxygen atoms in total. The summed E-state index contributed by atoms with van der Waals surface area (Å²) >= 11 is 0. The molecule has 3 amide bonds. The number of amides is 3. The number of nitrogens with zero attached hydrogens (tertiary/aromatic N) is 7. The van der Waals surface area contributed by atoms with Gasteiger partial charge in [0.1, 0.15) is 33.9 Å². The topological polar surface area (TPSA) is 267 Å². The van der Waals surface area contributed by atoms with Crippen LogP contribution in [-0.2, 0) is 30.8 Å². The number of hydrogen-bond donors (Lipinski definition) is 6. The molecule has 19 heteroatoms. The number of allylic oxidation sites excluding steroid dienone is 3. The van der Waals surface area contributed by atoms with Crippen LogP contribution in [-0.4, -0.2) is 93.0 Å². The van der Waals surface area contributed by atoms with E-state index in [2.05, 4.69) is 31.0 Å². The summed E-state index contributed by atoms with van der Waals surface area (Å²) in [6.45, 7) is 9.33. The molecule has 6 aromatic rings. The van der Waals surface area contributed by atoms with Crippen molar-refractivity contribution in [3.05, 3.63) is 107 Å². The Morgan fingerprint density at radius 2 is 1.42 bits per heavy atom. The summed E-state index contributed by atoms with van der Waals surface area (Å²) in [6.07, 6.45) is 6.75. The van der Waals surface area contributed by atoms with Gasteiger partial charge < -0.3 is 46.4 Å². The van der Waals surface area contributed by atoms with Gasteiger partial charge in [-0.3, -0.25) is 34.2 Å². The molecule has 3 heterocycles. The normalized spacial score (nSPS) is 11.7. The molecule has 0 atom stereocenters. The highest BCUT2D eigenvalue weighted by molar-refractivity contribution is 6.47. The molecule has 0 saturated heterocycles. The second kappa shape index (κ2) is 21.7. The Kier molecular flexibility index (Phi) is 16.0. The number of aromatic nitrogens is 6. The molecule has 9 N–H and O–H groups in total. The maximum Gasteiger partial charge on any atom is 0.276 e. The van der Waals surface area contributed by atoms with E-state index in [4.69, 9.17) is 31.7 Å². The van der Waals surface area contributed by atoms with Gasteiger partial charge >= 0.3 is 0 Å². The van der Waals surface area contributed by atoms with Gasteiger partial charge in [0, 0.05) is 69.2 Å². The monoisotopic (exact) mass is 873 g/mol. The van der Waals surface area contributed by atoms with Crippen molar-refractivity contribution in [2.24, 2.45) is 22.2 Å². The summed E-state index contributed by atoms with van der Waals surface area (Å²) in [4.78, 5) is 61.7. The SMILES string of the molecule is CCN=C(/C=C(/C)N)C(=O)Nc1nc2cc(C(N)=O)cc(OC)c2n1C/C=C/Cn1c(NC)nc2cc(C(N)=O)cc(OCCc3ccc(NC)cc3)c21.CCn1nc(C)cc1C=O. The standard InChI is InChI=1S/C38H45N11O5.C7H10N2O/c1-6-44-29(17-22(2)39)36(52)47-38-46-27-18-24(34(40)50)20-30(53-5)32(27)49(38)15-8-7-14-48-33-28(45-37(48)43-4)19-25(35(41)51)21-31(33)54-16-13-23-9-11-26(42-3)12-10-23;1-3-9-7(5-10)4-6(2)8-9/h7-12,17-21,42H,6,13-16,39H2,1-5H3,(H2,40,50)(H2,41,51)(H,43,45)(H,46,47,52);4-5H,3H2,1-2H3/b8-7+,22-17-,44-29?;. The van der Waals surface area contributed by atoms with Crippen molar-refractivity contribution in [1.29, 1.82) is 0 Å². The second-order valence-electron chi connectivity index (χ2n) is 14.3. The van der Waals surface area contributed by atoms with Crippen molar-refractivity contribution in [3.8, 4) is 11.5 Å². The van der Waals surface area contributed by atoms with Crippen molar-refractivity contribution in [2.45, 2.75) is 53.8 Å². The summed E-state index contributed by atoms with van der Waals surface area (Å²) < 4.78 is 17.3. The van der Waals surface area contributed by atoms with Crippen LogP contribution in [0.4, 0.5) is 17.6 Å². The number of rotatable bonds is 19. The van der Waals surface area contributed by atoms with Crippen molar-refractivity contribution in [1.82, 2.24) is 28.9 Å². The smallest absolute Gasteiger partial charge is 0.276 e. The average molecular weight is 874 g/mol. The van der Waals surface area contributed by atoms with E-state index >= 15 is 0 Å². The van der Waals surface area contributed by atoms with Gasteiger partial charge in [0.2, 0.25) is 23.7 Å². The number of fused-ring (bicyclic) bond motifs is 2. The number of anilines is 3. The first-order chi connectivity index (χ1) is 30.7. The van der Waals surface area contributed by atoms with Gasteiger partial charge in [0.05, 0.1) is 30.4 Å². The number of hydrogen-bond acceptors (Lipinski definition) is 13. The Bertz CT molecular complexity index is 2740. The quantitative estimate of drug-likeness (QED) is 0.0363. The molecule has 0 bridgehead atoms. The van der Waals surface area contributed by atoms with E-state index in [0.717, 1.165) is 29.8 Å². The van der Waals surface area contributed by atoms with Crippen molar-refractivity contribution in [2.75, 3.05) is 50.3 Å². The minimum absolute atomic E-state index is 0.132. The highest BCUT2D eigenvalue weighted by Gasteiger charge is 2.21. The third-order valence-corrected chi connectivity index (χ3v) is 9.76. The summed E-state index contributed by atoms with van der Waals surface area (Å²) in [5, 5.41) is 13.2. The van der Waals surface area contributed by atoms with Crippen LogP contribution in [0, 0.1) is 6.92 Å². The van der Waals surface area contributed by atoms with E-state index in [9.17, 15) is 19.2 Å². The molecular weight excluding hydrogens is 819 g/mol. The maximum absolute atomic E-state index is 13.4. The molecule has 0 fully saturated rings. The first-order valence-corrected chi connectivity index (χ1v) is 20.5. The number of nitrogens with one attached hydrogen (secondary N) is 3. The summed E-state index contributed by atoms with van der Waals surface area (Å²) in [5.41, 5.74) is 23.9. The molecule has 0 aliphatic carbocycles. The predicted molar refractivity (Wildman–Crippen MR) is 250 cm³/mol. The number of nitrogens with two attached hydrogens (primary N) is 3. The van der Waals surface area contributed by atoms with Crippen LogP contribution in [0.15, 0.2) is 83.5 Å². The third-order valence-electron chi connectivity index (χ3n) is 9.76. The average Bonchev–Trinajstić information content (AvgIpc) is 3.96. The second-order valence-corrected chi connectivity index (χ2v) is 14.3. The van der Waals surface area contributed by atoms with Gasteiger partial charge in [-0.05, 0) is 81.8 Å². The zero-order chi connectivity index (χ0) is 46.5. The van der Waals surface area contributed by atoms with E-state index < -0.39 is 17.7 Å². The van der Waals surface area contributed by atoms with Crippen LogP contribution in [0.5, 0.6) is 11.5 Å². The fourth-order valence-corrected chi connectivity index (χ4v) is 6.78. The summed E-state index contributed by atoms with van der Waals surface area (Å²) in [6, 6.07) is 16.2. The maximum atomic E-state index is 13.4. The van der Waals surface area contributed by atoms with Crippen LogP contribution in [0.2, 0.25) is 0 Å². The number of benzene rings is 3. The Morgan fingerprint density at radius 3 is 1.94 bits per heavy atom. The molecule has 6 rings (SSSR count). The molecule has 3 aromatic heterocycles. The molecule has 3 aromatic carbocycles. The Balaban J connectivity index is 0.000000678. The first-order valence-electron chi connectivity index (χ1n) is 20.5. The fourth-order valence-electron chi connectivity index (χ4n) is 6.78. The first kappa shape index (κ1) is 47.1. The predicted octanol–water partition coefficient (Wildman–Crippen LogP) is 4.84. The molecular formula is C45H55N13O6. The number of carbonyl (C=O) groups is 4. The van der Waals surface area contributed by atoms with Crippen LogP contribution in [0.3, 0.4) is 0 Å². The lowest BCUT2D eigenvalue weighted by Gasteiger charge is -2.13. The molecule has 336 valence electrons.